The Morgan fingerprint density at radius 1 is 0.617 bits per heavy atom. The molecule has 3 aromatic carbocycles. The van der Waals surface area contributed by atoms with Gasteiger partial charge in [0.15, 0.2) is 0 Å². The first-order valence-electron chi connectivity index (χ1n) is 16.1. The van der Waals surface area contributed by atoms with Crippen molar-refractivity contribution in [2.75, 3.05) is 52.9 Å². The van der Waals surface area contributed by atoms with Crippen LogP contribution < -0.4 is 18.9 Å². The third-order valence-electron chi connectivity index (χ3n) is 7.73. The Kier molecular flexibility index (Phi) is 11.9. The van der Waals surface area contributed by atoms with E-state index in [2.05, 4.69) is 0 Å². The van der Waals surface area contributed by atoms with Crippen molar-refractivity contribution in [2.24, 2.45) is 0 Å². The van der Waals surface area contributed by atoms with Crippen molar-refractivity contribution in [1.82, 2.24) is 0 Å². The number of carbonyl (C=O) groups excluding carboxylic acids is 2. The third kappa shape index (κ3) is 11.4. The second-order valence-electron chi connectivity index (χ2n) is 12.4. The molecule has 0 amide bonds. The van der Waals surface area contributed by atoms with Crippen LogP contribution in [0.4, 0.5) is 0 Å². The number of unbranched alkanes of at least 4 members (excludes halogenated alkanes) is 2. The number of aryl methyl sites for hydroxylation is 1. The molecular formula is C37H44O10. The van der Waals surface area contributed by atoms with Crippen LogP contribution in [-0.4, -0.2) is 76.0 Å². The highest BCUT2D eigenvalue weighted by Crippen LogP contribution is 2.27. The first-order valence-corrected chi connectivity index (χ1v) is 16.1. The summed E-state index contributed by atoms with van der Waals surface area (Å²) >= 11 is 0. The fourth-order valence-electron chi connectivity index (χ4n) is 4.48. The molecule has 2 saturated heterocycles. The quantitative estimate of drug-likeness (QED) is 0.0593. The van der Waals surface area contributed by atoms with Gasteiger partial charge in [-0.05, 0) is 119 Å². The van der Waals surface area contributed by atoms with Crippen LogP contribution >= 0.6 is 0 Å². The largest absolute Gasteiger partial charge is 0.494 e. The van der Waals surface area contributed by atoms with Gasteiger partial charge >= 0.3 is 11.9 Å². The molecule has 0 spiro atoms. The van der Waals surface area contributed by atoms with Crippen LogP contribution in [0, 0.1) is 6.92 Å². The van der Waals surface area contributed by atoms with E-state index in [9.17, 15) is 9.59 Å². The number of benzene rings is 3. The standard InChI is InChI=1S/C37H44O10/c1-27-22-32(46-34(38)28-8-12-30(13-9-28)42-20-6-4-18-40-23-36(2)25-44-36)16-17-33(27)47-35(39)29-10-14-31(15-11-29)43-21-7-5-19-41-24-37(3)26-45-37/h8-17,22H,4-7,18-21,23-26H2,1-3H3. The zero-order chi connectivity index (χ0) is 33.1. The Morgan fingerprint density at radius 3 is 1.49 bits per heavy atom. The molecule has 0 aromatic heterocycles. The van der Waals surface area contributed by atoms with Gasteiger partial charge in [-0.2, -0.15) is 0 Å². The summed E-state index contributed by atoms with van der Waals surface area (Å²) in [5.41, 5.74) is 1.28. The van der Waals surface area contributed by atoms with E-state index in [4.69, 9.17) is 37.9 Å². The van der Waals surface area contributed by atoms with Crippen molar-refractivity contribution in [1.29, 1.82) is 0 Å². The molecule has 2 aliphatic rings. The van der Waals surface area contributed by atoms with Gasteiger partial charge in [-0.15, -0.1) is 0 Å². The molecule has 5 rings (SSSR count). The summed E-state index contributed by atoms with van der Waals surface area (Å²) in [5, 5.41) is 0. The van der Waals surface area contributed by atoms with E-state index in [1.807, 2.05) is 13.8 Å². The summed E-state index contributed by atoms with van der Waals surface area (Å²) in [4.78, 5) is 25.5. The number of ether oxygens (including phenoxy) is 8. The van der Waals surface area contributed by atoms with E-state index in [1.54, 1.807) is 73.7 Å². The summed E-state index contributed by atoms with van der Waals surface area (Å²) in [7, 11) is 0. The second kappa shape index (κ2) is 16.2. The third-order valence-corrected chi connectivity index (χ3v) is 7.73. The molecule has 10 nitrogen and oxygen atoms in total. The van der Waals surface area contributed by atoms with Crippen molar-refractivity contribution >= 4 is 11.9 Å². The average Bonchev–Trinajstić information content (AvgIpc) is 4.00. The number of rotatable bonds is 20. The molecule has 0 aliphatic carbocycles. The van der Waals surface area contributed by atoms with Gasteiger partial charge in [-0.25, -0.2) is 9.59 Å². The Labute approximate surface area is 276 Å². The predicted octanol–water partition coefficient (Wildman–Crippen LogP) is 6.36. The molecular weight excluding hydrogens is 604 g/mol. The van der Waals surface area contributed by atoms with Gasteiger partial charge in [0.2, 0.25) is 0 Å². The zero-order valence-electron chi connectivity index (χ0n) is 27.4. The molecule has 0 radical (unpaired) electrons. The van der Waals surface area contributed by atoms with Crippen molar-refractivity contribution in [3.63, 3.8) is 0 Å². The van der Waals surface area contributed by atoms with Gasteiger partial charge < -0.3 is 37.9 Å². The lowest BCUT2D eigenvalue weighted by molar-refractivity contribution is 0.0718. The number of hydrogen-bond donors (Lipinski definition) is 0. The highest BCUT2D eigenvalue weighted by Gasteiger charge is 2.39. The number of hydrogen-bond acceptors (Lipinski definition) is 10. The molecule has 0 N–H and O–H groups in total. The highest BCUT2D eigenvalue weighted by atomic mass is 16.6. The summed E-state index contributed by atoms with van der Waals surface area (Å²) in [5.74, 6) is 1.08. The first kappa shape index (κ1) is 34.4. The summed E-state index contributed by atoms with van der Waals surface area (Å²) in [6, 6.07) is 18.5. The van der Waals surface area contributed by atoms with Crippen molar-refractivity contribution in [3.8, 4) is 23.0 Å². The number of esters is 2. The van der Waals surface area contributed by atoms with Crippen molar-refractivity contribution in [3.05, 3.63) is 83.4 Å². The Hall–Kier alpha value is -3.96. The van der Waals surface area contributed by atoms with Crippen LogP contribution in [0.2, 0.25) is 0 Å². The molecule has 2 atom stereocenters. The molecule has 2 unspecified atom stereocenters. The fourth-order valence-corrected chi connectivity index (χ4v) is 4.48. The molecule has 2 fully saturated rings. The fraction of sp³-hybridized carbons (Fsp3) is 0.459. The monoisotopic (exact) mass is 648 g/mol. The highest BCUT2D eigenvalue weighted by molar-refractivity contribution is 5.92. The molecule has 3 aromatic rings. The van der Waals surface area contributed by atoms with Crippen LogP contribution in [0.15, 0.2) is 66.7 Å². The lowest BCUT2D eigenvalue weighted by Crippen LogP contribution is -2.15. The number of carbonyl (C=O) groups is 2. The Balaban J connectivity index is 0.984. The van der Waals surface area contributed by atoms with Gasteiger partial charge in [0, 0.05) is 13.2 Å². The lowest BCUT2D eigenvalue weighted by atomic mass is 10.2. The smallest absolute Gasteiger partial charge is 0.343 e. The maximum Gasteiger partial charge on any atom is 0.343 e. The zero-order valence-corrected chi connectivity index (χ0v) is 27.4. The molecule has 0 saturated carbocycles. The van der Waals surface area contributed by atoms with Crippen molar-refractivity contribution < 1.29 is 47.5 Å². The molecule has 2 aliphatic heterocycles. The Bertz CT molecular complexity index is 1460. The van der Waals surface area contributed by atoms with Crippen LogP contribution in [-0.2, 0) is 18.9 Å². The van der Waals surface area contributed by atoms with E-state index < -0.39 is 11.9 Å². The van der Waals surface area contributed by atoms with Gasteiger partial charge in [-0.1, -0.05) is 0 Å². The molecule has 10 heteroatoms. The van der Waals surface area contributed by atoms with Gasteiger partial charge in [0.25, 0.3) is 0 Å². The second-order valence-corrected chi connectivity index (χ2v) is 12.4. The van der Waals surface area contributed by atoms with E-state index in [0.29, 0.717) is 79.3 Å². The molecule has 0 bridgehead atoms. The van der Waals surface area contributed by atoms with E-state index in [1.165, 1.54) is 0 Å². The predicted molar refractivity (Wildman–Crippen MR) is 174 cm³/mol. The van der Waals surface area contributed by atoms with E-state index >= 15 is 0 Å². The minimum Gasteiger partial charge on any atom is -0.494 e. The normalized spacial score (nSPS) is 19.6. The molecule has 252 valence electrons. The van der Waals surface area contributed by atoms with E-state index in [-0.39, 0.29) is 11.2 Å². The minimum atomic E-state index is -0.500. The van der Waals surface area contributed by atoms with Gasteiger partial charge in [0.05, 0.1) is 50.8 Å². The summed E-state index contributed by atoms with van der Waals surface area (Å²) in [6.07, 6.45) is 3.52. The maximum absolute atomic E-state index is 12.8. The SMILES string of the molecule is Cc1cc(OC(=O)c2ccc(OCCCCOCC3(C)CO3)cc2)ccc1OC(=O)c1ccc(OCCCCOCC2(C)CO2)cc1. The molecule has 47 heavy (non-hydrogen) atoms. The van der Waals surface area contributed by atoms with Crippen LogP contribution in [0.5, 0.6) is 23.0 Å². The van der Waals surface area contributed by atoms with Gasteiger partial charge in [0.1, 0.15) is 34.2 Å². The maximum atomic E-state index is 12.8. The summed E-state index contributed by atoms with van der Waals surface area (Å²) < 4.78 is 44.5. The lowest BCUT2D eigenvalue weighted by Gasteiger charge is -2.11. The van der Waals surface area contributed by atoms with Crippen molar-refractivity contribution in [2.45, 2.75) is 57.7 Å². The van der Waals surface area contributed by atoms with Gasteiger partial charge in [-0.3, -0.25) is 0 Å². The van der Waals surface area contributed by atoms with Crippen LogP contribution in [0.3, 0.4) is 0 Å². The Morgan fingerprint density at radius 2 is 1.04 bits per heavy atom. The minimum absolute atomic E-state index is 0.0805. The van der Waals surface area contributed by atoms with Crippen LogP contribution in [0.1, 0.15) is 65.8 Å². The average molecular weight is 649 g/mol. The topological polar surface area (TPSA) is 115 Å². The van der Waals surface area contributed by atoms with E-state index in [0.717, 1.165) is 38.9 Å². The number of epoxide rings is 2. The molecule has 2 heterocycles. The summed E-state index contributed by atoms with van der Waals surface area (Å²) in [6.45, 7) is 11.1. The first-order chi connectivity index (χ1) is 22.7. The van der Waals surface area contributed by atoms with Crippen LogP contribution in [0.25, 0.3) is 0 Å².